The van der Waals surface area contributed by atoms with Crippen molar-refractivity contribution >= 4 is 18.1 Å². The van der Waals surface area contributed by atoms with Crippen LogP contribution < -0.4 is 10.2 Å². The minimum atomic E-state index is -0.450. The molecule has 2 rings (SSSR count). The van der Waals surface area contributed by atoms with Gasteiger partial charge in [0.2, 0.25) is 0 Å². The smallest absolute Gasteiger partial charge is 0.343 e. The molecule has 0 radical (unpaired) electrons. The van der Waals surface area contributed by atoms with Crippen LogP contribution in [-0.4, -0.2) is 36.8 Å². The molecule has 0 saturated heterocycles. The maximum absolute atomic E-state index is 11.7. The summed E-state index contributed by atoms with van der Waals surface area (Å²) in [5.41, 5.74) is 3.60. The van der Waals surface area contributed by atoms with Crippen molar-refractivity contribution in [1.29, 1.82) is 0 Å². The molecular formula is C16H15N3O4. The molecule has 0 bridgehead atoms. The fourth-order valence-corrected chi connectivity index (χ4v) is 1.58. The number of rotatable bonds is 6. The predicted octanol–water partition coefficient (Wildman–Crippen LogP) is 1.40. The molecule has 1 aromatic carbocycles. The van der Waals surface area contributed by atoms with E-state index in [-0.39, 0.29) is 12.5 Å². The summed E-state index contributed by atoms with van der Waals surface area (Å²) < 4.78 is 9.70. The predicted molar refractivity (Wildman–Crippen MR) is 83.3 cm³/mol. The number of carbonyl (C=O) groups is 2. The minimum Gasteiger partial charge on any atom is -0.482 e. The number of aromatic nitrogens is 1. The van der Waals surface area contributed by atoms with Crippen LogP contribution in [0, 0.1) is 0 Å². The van der Waals surface area contributed by atoms with Gasteiger partial charge in [0, 0.05) is 12.4 Å². The van der Waals surface area contributed by atoms with Crippen molar-refractivity contribution < 1.29 is 19.1 Å². The second-order valence-electron chi connectivity index (χ2n) is 4.37. The van der Waals surface area contributed by atoms with Gasteiger partial charge in [-0.05, 0) is 42.0 Å². The molecule has 0 unspecified atom stereocenters. The Morgan fingerprint density at radius 3 is 2.70 bits per heavy atom. The summed E-state index contributed by atoms with van der Waals surface area (Å²) in [6.07, 6.45) is 4.54. The molecule has 23 heavy (non-hydrogen) atoms. The fraction of sp³-hybridized carbons (Fsp3) is 0.125. The van der Waals surface area contributed by atoms with Gasteiger partial charge in [0.15, 0.2) is 6.61 Å². The third-order valence-electron chi connectivity index (χ3n) is 2.77. The molecule has 1 heterocycles. The molecule has 118 valence electrons. The van der Waals surface area contributed by atoms with Crippen LogP contribution in [-0.2, 0) is 9.53 Å². The lowest BCUT2D eigenvalue weighted by Crippen LogP contribution is -2.17. The first-order chi connectivity index (χ1) is 11.2. The molecule has 0 aliphatic rings. The number of hydrogen-bond donors (Lipinski definition) is 1. The summed E-state index contributed by atoms with van der Waals surface area (Å²) in [6.45, 7) is -0.148. The molecule has 1 N–H and O–H groups in total. The highest BCUT2D eigenvalue weighted by molar-refractivity contribution is 5.94. The lowest BCUT2D eigenvalue weighted by molar-refractivity contribution is -0.142. The van der Waals surface area contributed by atoms with Crippen LogP contribution in [0.2, 0.25) is 0 Å². The molecule has 7 nitrogen and oxygen atoms in total. The van der Waals surface area contributed by atoms with Crippen LogP contribution in [0.15, 0.2) is 53.9 Å². The van der Waals surface area contributed by atoms with E-state index in [0.717, 1.165) is 5.56 Å². The standard InChI is InChI=1S/C16H15N3O4/c1-22-15(20)11-23-14-6-4-12(5-7-14)9-18-19-16(21)13-3-2-8-17-10-13/h2-10H,11H2,1H3,(H,19,21)/b18-9+. The van der Waals surface area contributed by atoms with Gasteiger partial charge in [-0.2, -0.15) is 5.10 Å². The molecule has 0 atom stereocenters. The van der Waals surface area contributed by atoms with Gasteiger partial charge in [0.25, 0.3) is 5.91 Å². The number of carbonyl (C=O) groups excluding carboxylic acids is 2. The zero-order valence-electron chi connectivity index (χ0n) is 12.4. The minimum absolute atomic E-state index is 0.148. The Hall–Kier alpha value is -3.22. The Kier molecular flexibility index (Phi) is 5.81. The van der Waals surface area contributed by atoms with E-state index in [2.05, 4.69) is 20.2 Å². The number of esters is 1. The number of ether oxygens (including phenoxy) is 2. The maximum atomic E-state index is 11.7. The van der Waals surface area contributed by atoms with E-state index >= 15 is 0 Å². The van der Waals surface area contributed by atoms with Gasteiger partial charge in [0.05, 0.1) is 18.9 Å². The lowest BCUT2D eigenvalue weighted by atomic mass is 10.2. The lowest BCUT2D eigenvalue weighted by Gasteiger charge is -2.04. The third-order valence-corrected chi connectivity index (χ3v) is 2.77. The second-order valence-corrected chi connectivity index (χ2v) is 4.37. The first-order valence-corrected chi connectivity index (χ1v) is 6.72. The molecule has 0 fully saturated rings. The number of pyridine rings is 1. The largest absolute Gasteiger partial charge is 0.482 e. The molecule has 0 aliphatic heterocycles. The van der Waals surface area contributed by atoms with Crippen molar-refractivity contribution in [2.24, 2.45) is 5.10 Å². The molecule has 1 aromatic heterocycles. The van der Waals surface area contributed by atoms with Crippen LogP contribution in [0.5, 0.6) is 5.75 Å². The van der Waals surface area contributed by atoms with Crippen molar-refractivity contribution in [3.8, 4) is 5.75 Å². The molecular weight excluding hydrogens is 298 g/mol. The van der Waals surface area contributed by atoms with Crippen molar-refractivity contribution in [3.05, 3.63) is 59.9 Å². The van der Waals surface area contributed by atoms with Crippen LogP contribution in [0.1, 0.15) is 15.9 Å². The van der Waals surface area contributed by atoms with Crippen LogP contribution in [0.3, 0.4) is 0 Å². The average molecular weight is 313 g/mol. The summed E-state index contributed by atoms with van der Waals surface area (Å²) in [5, 5.41) is 3.87. The van der Waals surface area contributed by atoms with Crippen molar-refractivity contribution in [2.75, 3.05) is 13.7 Å². The van der Waals surface area contributed by atoms with Gasteiger partial charge >= 0.3 is 5.97 Å². The second kappa shape index (κ2) is 8.28. The normalized spacial score (nSPS) is 10.3. The van der Waals surface area contributed by atoms with Gasteiger partial charge in [-0.1, -0.05) is 0 Å². The number of benzene rings is 1. The van der Waals surface area contributed by atoms with Crippen molar-refractivity contribution in [2.45, 2.75) is 0 Å². The molecule has 0 saturated carbocycles. The van der Waals surface area contributed by atoms with Gasteiger partial charge in [0.1, 0.15) is 5.75 Å². The van der Waals surface area contributed by atoms with Gasteiger partial charge in [-0.25, -0.2) is 10.2 Å². The van der Waals surface area contributed by atoms with E-state index in [4.69, 9.17) is 4.74 Å². The number of nitrogens with zero attached hydrogens (tertiary/aromatic N) is 2. The summed E-state index contributed by atoms with van der Waals surface area (Å²) in [4.78, 5) is 26.6. The highest BCUT2D eigenvalue weighted by atomic mass is 16.6. The average Bonchev–Trinajstić information content (AvgIpc) is 2.61. The molecule has 7 heteroatoms. The van der Waals surface area contributed by atoms with Crippen LogP contribution in [0.4, 0.5) is 0 Å². The molecule has 2 aromatic rings. The van der Waals surface area contributed by atoms with Gasteiger partial charge in [-0.15, -0.1) is 0 Å². The van der Waals surface area contributed by atoms with E-state index in [9.17, 15) is 9.59 Å². The highest BCUT2D eigenvalue weighted by Crippen LogP contribution is 2.11. The third kappa shape index (κ3) is 5.24. The Morgan fingerprint density at radius 1 is 1.26 bits per heavy atom. The van der Waals surface area contributed by atoms with E-state index in [0.29, 0.717) is 11.3 Å². The monoisotopic (exact) mass is 313 g/mol. The first-order valence-electron chi connectivity index (χ1n) is 6.72. The summed E-state index contributed by atoms with van der Waals surface area (Å²) in [6, 6.07) is 10.2. The van der Waals surface area contributed by atoms with Gasteiger partial charge < -0.3 is 9.47 Å². The van der Waals surface area contributed by atoms with Gasteiger partial charge in [-0.3, -0.25) is 9.78 Å². The molecule has 0 aliphatic carbocycles. The number of hydrogen-bond acceptors (Lipinski definition) is 6. The van der Waals surface area contributed by atoms with E-state index in [1.807, 2.05) is 0 Å². The maximum Gasteiger partial charge on any atom is 0.343 e. The summed E-state index contributed by atoms with van der Waals surface area (Å²) in [7, 11) is 1.30. The Bertz CT molecular complexity index is 684. The Labute approximate surface area is 132 Å². The first kappa shape index (κ1) is 16.2. The zero-order valence-corrected chi connectivity index (χ0v) is 12.4. The number of methoxy groups -OCH3 is 1. The SMILES string of the molecule is COC(=O)COc1ccc(/C=N/NC(=O)c2cccnc2)cc1. The quantitative estimate of drug-likeness (QED) is 0.494. The summed E-state index contributed by atoms with van der Waals surface area (Å²) >= 11 is 0. The topological polar surface area (TPSA) is 89.9 Å². The molecule has 0 spiro atoms. The van der Waals surface area contributed by atoms with Crippen molar-refractivity contribution in [3.63, 3.8) is 0 Å². The van der Waals surface area contributed by atoms with Crippen LogP contribution in [0.25, 0.3) is 0 Å². The van der Waals surface area contributed by atoms with Crippen LogP contribution >= 0.6 is 0 Å². The number of nitrogens with one attached hydrogen (secondary N) is 1. The van der Waals surface area contributed by atoms with Crippen molar-refractivity contribution in [1.82, 2.24) is 10.4 Å². The highest BCUT2D eigenvalue weighted by Gasteiger charge is 2.03. The number of amides is 1. The Morgan fingerprint density at radius 2 is 2.04 bits per heavy atom. The zero-order chi connectivity index (χ0) is 16.5. The van der Waals surface area contributed by atoms with E-state index in [1.165, 1.54) is 19.5 Å². The Balaban J connectivity index is 1.85. The van der Waals surface area contributed by atoms with E-state index < -0.39 is 5.97 Å². The van der Waals surface area contributed by atoms with E-state index in [1.54, 1.807) is 42.6 Å². The number of hydrazone groups is 1. The summed E-state index contributed by atoms with van der Waals surface area (Å²) in [5.74, 6) is -0.256. The fourth-order valence-electron chi connectivity index (χ4n) is 1.58. The molecule has 1 amide bonds.